The van der Waals surface area contributed by atoms with Gasteiger partial charge in [0.2, 0.25) is 0 Å². The van der Waals surface area contributed by atoms with Crippen molar-refractivity contribution in [2.75, 3.05) is 0 Å². The second-order valence-corrected chi connectivity index (χ2v) is 5.20. The lowest BCUT2D eigenvalue weighted by Gasteiger charge is -2.17. The van der Waals surface area contributed by atoms with Gasteiger partial charge in [-0.2, -0.15) is 0 Å². The second kappa shape index (κ2) is 4.31. The lowest BCUT2D eigenvalue weighted by molar-refractivity contribution is 0.585. The molecule has 0 amide bonds. The maximum atomic E-state index is 12.8. The quantitative estimate of drug-likeness (QED) is 0.616. The van der Waals surface area contributed by atoms with Crippen molar-refractivity contribution in [2.45, 2.75) is 20.8 Å². The van der Waals surface area contributed by atoms with Gasteiger partial charge in [-0.15, -0.1) is 0 Å². The molecule has 0 spiro atoms. The number of hydrogen-bond acceptors (Lipinski definition) is 1. The summed E-state index contributed by atoms with van der Waals surface area (Å²) in [6, 6.07) is 4.33. The maximum absolute atomic E-state index is 12.8. The fraction of sp³-hybridized carbons (Fsp3) is 0.364. The number of hydrogen-bond donors (Lipinski definition) is 1. The Balaban J connectivity index is 3.09. The van der Waals surface area contributed by atoms with Crippen LogP contribution >= 0.6 is 15.9 Å². The summed E-state index contributed by atoms with van der Waals surface area (Å²) in [7, 11) is 0. The van der Waals surface area contributed by atoms with Crippen molar-refractivity contribution in [1.82, 2.24) is 0 Å². The van der Waals surface area contributed by atoms with Crippen LogP contribution in [-0.4, -0.2) is 5.84 Å². The van der Waals surface area contributed by atoms with Crippen LogP contribution in [0, 0.1) is 11.2 Å². The van der Waals surface area contributed by atoms with Gasteiger partial charge in [0.25, 0.3) is 0 Å². The van der Waals surface area contributed by atoms with E-state index in [1.54, 1.807) is 6.07 Å². The molecule has 82 valence electrons. The molecule has 0 aliphatic carbocycles. The molecule has 0 fully saturated rings. The molecule has 2 nitrogen and oxygen atoms in total. The Labute approximate surface area is 97.5 Å². The first-order valence-corrected chi connectivity index (χ1v) is 5.39. The highest BCUT2D eigenvalue weighted by Crippen LogP contribution is 2.27. The summed E-state index contributed by atoms with van der Waals surface area (Å²) in [5.74, 6) is 0.227. The van der Waals surface area contributed by atoms with Crippen molar-refractivity contribution in [3.63, 3.8) is 0 Å². The van der Waals surface area contributed by atoms with Gasteiger partial charge in [0, 0.05) is 9.89 Å². The van der Waals surface area contributed by atoms with Gasteiger partial charge >= 0.3 is 0 Å². The van der Waals surface area contributed by atoms with E-state index >= 15 is 0 Å². The first-order chi connectivity index (χ1) is 6.80. The highest BCUT2D eigenvalue weighted by Gasteiger charge is 2.15. The zero-order valence-corrected chi connectivity index (χ0v) is 10.6. The van der Waals surface area contributed by atoms with Crippen molar-refractivity contribution >= 4 is 27.5 Å². The minimum absolute atomic E-state index is 0.187. The molecule has 1 aromatic rings. The van der Waals surface area contributed by atoms with Gasteiger partial charge in [-0.05, 0) is 34.1 Å². The summed E-state index contributed by atoms with van der Waals surface area (Å²) in [5.41, 5.74) is 6.28. The zero-order chi connectivity index (χ0) is 11.6. The smallest absolute Gasteiger partial charge is 0.124 e. The summed E-state index contributed by atoms with van der Waals surface area (Å²) < 4.78 is 13.4. The lowest BCUT2D eigenvalue weighted by Crippen LogP contribution is -2.28. The Morgan fingerprint density at radius 2 is 2.00 bits per heavy atom. The fourth-order valence-electron chi connectivity index (χ4n) is 0.869. The predicted octanol–water partition coefficient (Wildman–Crippen LogP) is 3.62. The highest BCUT2D eigenvalue weighted by atomic mass is 79.9. The van der Waals surface area contributed by atoms with Crippen LogP contribution in [0.25, 0.3) is 0 Å². The van der Waals surface area contributed by atoms with Crippen molar-refractivity contribution < 1.29 is 4.39 Å². The van der Waals surface area contributed by atoms with E-state index in [9.17, 15) is 4.39 Å². The topological polar surface area (TPSA) is 38.4 Å². The van der Waals surface area contributed by atoms with E-state index in [0.29, 0.717) is 16.0 Å². The largest absolute Gasteiger partial charge is 0.387 e. The van der Waals surface area contributed by atoms with Crippen LogP contribution in [0.4, 0.5) is 10.1 Å². The number of rotatable bonds is 1. The molecule has 0 aliphatic rings. The molecule has 0 atom stereocenters. The number of halogens is 2. The van der Waals surface area contributed by atoms with E-state index in [4.69, 9.17) is 5.73 Å². The van der Waals surface area contributed by atoms with Gasteiger partial charge in [-0.3, -0.25) is 0 Å². The summed E-state index contributed by atoms with van der Waals surface area (Å²) in [6.07, 6.45) is 0. The molecule has 1 aromatic carbocycles. The van der Waals surface area contributed by atoms with Crippen molar-refractivity contribution in [1.29, 1.82) is 0 Å². The Morgan fingerprint density at radius 1 is 1.40 bits per heavy atom. The summed E-state index contributed by atoms with van der Waals surface area (Å²) >= 11 is 3.24. The molecule has 0 heterocycles. The molecule has 0 aromatic heterocycles. The molecule has 0 aliphatic heterocycles. The van der Waals surface area contributed by atoms with Crippen molar-refractivity contribution in [3.8, 4) is 0 Å². The van der Waals surface area contributed by atoms with Gasteiger partial charge in [-0.1, -0.05) is 20.8 Å². The van der Waals surface area contributed by atoms with Gasteiger partial charge in [-0.25, -0.2) is 9.38 Å². The van der Waals surface area contributed by atoms with Gasteiger partial charge in [0.1, 0.15) is 11.7 Å². The normalized spacial score (nSPS) is 13.0. The fourth-order valence-corrected chi connectivity index (χ4v) is 1.31. The maximum Gasteiger partial charge on any atom is 0.124 e. The number of amidine groups is 1. The molecule has 0 radical (unpaired) electrons. The van der Waals surface area contributed by atoms with Crippen LogP contribution in [0.2, 0.25) is 0 Å². The Kier molecular flexibility index (Phi) is 3.50. The van der Waals surface area contributed by atoms with Crippen molar-refractivity contribution in [3.05, 3.63) is 28.5 Å². The third-order valence-corrected chi connectivity index (χ3v) is 2.55. The average molecular weight is 273 g/mol. The molecule has 0 unspecified atom stereocenters. The van der Waals surface area contributed by atoms with Crippen LogP contribution in [0.15, 0.2) is 27.7 Å². The molecule has 1 rings (SSSR count). The van der Waals surface area contributed by atoms with Gasteiger partial charge < -0.3 is 5.73 Å². The molecular formula is C11H14BrFN2. The van der Waals surface area contributed by atoms with Crippen LogP contribution in [-0.2, 0) is 0 Å². The molecule has 2 N–H and O–H groups in total. The van der Waals surface area contributed by atoms with Crippen LogP contribution < -0.4 is 5.73 Å². The molecule has 0 saturated carbocycles. The second-order valence-electron chi connectivity index (χ2n) is 4.34. The summed E-state index contributed by atoms with van der Waals surface area (Å²) in [6.45, 7) is 5.93. The first kappa shape index (κ1) is 12.2. The summed E-state index contributed by atoms with van der Waals surface area (Å²) in [4.78, 5) is 4.25. The minimum Gasteiger partial charge on any atom is -0.387 e. The number of benzene rings is 1. The Hall–Kier alpha value is -0.900. The van der Waals surface area contributed by atoms with E-state index in [0.717, 1.165) is 0 Å². The van der Waals surface area contributed by atoms with Gasteiger partial charge in [0.15, 0.2) is 0 Å². The number of nitrogens with zero attached hydrogens (tertiary/aromatic N) is 1. The first-order valence-electron chi connectivity index (χ1n) is 4.60. The lowest BCUT2D eigenvalue weighted by atomic mass is 9.95. The van der Waals surface area contributed by atoms with E-state index in [2.05, 4.69) is 20.9 Å². The van der Waals surface area contributed by atoms with Crippen LogP contribution in [0.1, 0.15) is 20.8 Å². The van der Waals surface area contributed by atoms with E-state index in [1.165, 1.54) is 12.1 Å². The molecule has 0 bridgehead atoms. The SMILES string of the molecule is CC(C)(C)C(N)=Nc1ccc(F)cc1Br. The summed E-state index contributed by atoms with van der Waals surface area (Å²) in [5, 5.41) is 0. The Bertz CT molecular complexity index is 394. The molecular weight excluding hydrogens is 259 g/mol. The molecule has 15 heavy (non-hydrogen) atoms. The van der Waals surface area contributed by atoms with Crippen LogP contribution in [0.5, 0.6) is 0 Å². The standard InChI is InChI=1S/C11H14BrFN2/c1-11(2,3)10(14)15-9-5-4-7(13)6-8(9)12/h4-6H,1-3H3,(H2,14,15). The van der Waals surface area contributed by atoms with E-state index in [-0.39, 0.29) is 11.2 Å². The van der Waals surface area contributed by atoms with Gasteiger partial charge in [0.05, 0.1) is 5.69 Å². The van der Waals surface area contributed by atoms with Crippen LogP contribution in [0.3, 0.4) is 0 Å². The average Bonchev–Trinajstić information content (AvgIpc) is 2.08. The van der Waals surface area contributed by atoms with E-state index < -0.39 is 0 Å². The third-order valence-electron chi connectivity index (χ3n) is 1.92. The van der Waals surface area contributed by atoms with Crippen molar-refractivity contribution in [2.24, 2.45) is 16.1 Å². The minimum atomic E-state index is -0.296. The zero-order valence-electron chi connectivity index (χ0n) is 9.01. The third kappa shape index (κ3) is 3.30. The van der Waals surface area contributed by atoms with E-state index in [1.807, 2.05) is 20.8 Å². The predicted molar refractivity (Wildman–Crippen MR) is 64.8 cm³/mol. The number of nitrogens with two attached hydrogens (primary N) is 1. The highest BCUT2D eigenvalue weighted by molar-refractivity contribution is 9.10. The number of aliphatic imine (C=N–C) groups is 1. The molecule has 0 saturated heterocycles. The monoisotopic (exact) mass is 272 g/mol. The Morgan fingerprint density at radius 3 is 2.47 bits per heavy atom. The molecule has 4 heteroatoms.